The molecule has 5 N–H and O–H groups in total. The molecule has 4 atom stereocenters. The van der Waals surface area contributed by atoms with Crippen LogP contribution < -0.4 is 11.4 Å². The normalized spacial score (nSPS) is 26.6. The number of hydrogen-bond donors (Lipinski definition) is 4. The lowest BCUT2D eigenvalue weighted by molar-refractivity contribution is -0.0549. The van der Waals surface area contributed by atoms with Crippen LogP contribution >= 0.6 is 0 Å². The number of nitrogen functional groups attached to an aromatic ring is 1. The SMILES string of the molecule is CCCCCC/C=C/c1cn([C@@H]2O[C@H](CO)[C@@H](O)[C@@H]2O)c(=O)nc1N. The zero-order chi connectivity index (χ0) is 18.4. The van der Waals surface area contributed by atoms with Gasteiger partial charge in [-0.15, -0.1) is 0 Å². The number of aliphatic hydroxyl groups is 3. The molecule has 0 unspecified atom stereocenters. The molecule has 0 bridgehead atoms. The number of aromatic nitrogens is 2. The molecule has 0 radical (unpaired) electrons. The standard InChI is InChI=1S/C17H27N3O5/c1-2-3-4-5-6-7-8-11-9-20(17(24)19-15(11)18)16-14(23)13(22)12(10-21)25-16/h7-9,12-14,16,21-23H,2-6,10H2,1H3,(H2,18,19,24)/b8-7+/t12-,13-,14+,16-/m1/s1. The van der Waals surface area contributed by atoms with Crippen molar-refractivity contribution in [3.05, 3.63) is 28.3 Å². The lowest BCUT2D eigenvalue weighted by Gasteiger charge is -2.18. The summed E-state index contributed by atoms with van der Waals surface area (Å²) in [6.45, 7) is 1.69. The van der Waals surface area contributed by atoms with Crippen LogP contribution in [0, 0.1) is 0 Å². The Balaban J connectivity index is 2.15. The Labute approximate surface area is 146 Å². The summed E-state index contributed by atoms with van der Waals surface area (Å²) in [7, 11) is 0. The smallest absolute Gasteiger partial charge is 0.351 e. The van der Waals surface area contributed by atoms with Gasteiger partial charge in [0, 0.05) is 11.8 Å². The molecular formula is C17H27N3O5. The Morgan fingerprint density at radius 1 is 1.32 bits per heavy atom. The highest BCUT2D eigenvalue weighted by Crippen LogP contribution is 2.28. The lowest BCUT2D eigenvalue weighted by Crippen LogP contribution is -2.36. The van der Waals surface area contributed by atoms with Crippen molar-refractivity contribution < 1.29 is 20.1 Å². The van der Waals surface area contributed by atoms with E-state index in [0.717, 1.165) is 23.8 Å². The molecule has 1 aliphatic heterocycles. The molecular weight excluding hydrogens is 326 g/mol. The summed E-state index contributed by atoms with van der Waals surface area (Å²) in [6.07, 6.45) is 6.02. The van der Waals surface area contributed by atoms with Crippen LogP contribution in [0.25, 0.3) is 6.08 Å². The fourth-order valence-corrected chi connectivity index (χ4v) is 2.82. The van der Waals surface area contributed by atoms with Crippen molar-refractivity contribution in [2.24, 2.45) is 0 Å². The van der Waals surface area contributed by atoms with Gasteiger partial charge in [-0.1, -0.05) is 38.3 Å². The molecule has 0 aromatic carbocycles. The molecule has 25 heavy (non-hydrogen) atoms. The van der Waals surface area contributed by atoms with E-state index >= 15 is 0 Å². The third-order valence-electron chi connectivity index (χ3n) is 4.32. The van der Waals surface area contributed by atoms with Gasteiger partial charge in [0.05, 0.1) is 6.61 Å². The summed E-state index contributed by atoms with van der Waals surface area (Å²) < 4.78 is 6.47. The highest BCUT2D eigenvalue weighted by Gasteiger charge is 2.43. The van der Waals surface area contributed by atoms with Gasteiger partial charge < -0.3 is 25.8 Å². The van der Waals surface area contributed by atoms with Gasteiger partial charge in [0.15, 0.2) is 6.23 Å². The summed E-state index contributed by atoms with van der Waals surface area (Å²) in [5.74, 6) is 0.0952. The van der Waals surface area contributed by atoms with E-state index in [0.29, 0.717) is 5.56 Å². The molecule has 8 heteroatoms. The van der Waals surface area contributed by atoms with Crippen LogP contribution in [0.1, 0.15) is 50.8 Å². The third kappa shape index (κ3) is 4.66. The first-order chi connectivity index (χ1) is 12.0. The number of nitrogens with zero attached hydrogens (tertiary/aromatic N) is 2. The van der Waals surface area contributed by atoms with Crippen molar-refractivity contribution in [2.45, 2.75) is 63.6 Å². The van der Waals surface area contributed by atoms with Gasteiger partial charge in [0.25, 0.3) is 0 Å². The minimum absolute atomic E-state index is 0.0952. The van der Waals surface area contributed by atoms with Gasteiger partial charge in [0.2, 0.25) is 0 Å². The predicted octanol–water partition coefficient (Wildman–Crippen LogP) is 0.421. The molecule has 1 fully saturated rings. The number of unbranched alkanes of at least 4 members (excludes halogenated alkanes) is 4. The average molecular weight is 353 g/mol. The summed E-state index contributed by atoms with van der Waals surface area (Å²) >= 11 is 0. The van der Waals surface area contributed by atoms with E-state index in [-0.39, 0.29) is 5.82 Å². The summed E-state index contributed by atoms with van der Waals surface area (Å²) in [5, 5.41) is 29.1. The van der Waals surface area contributed by atoms with Crippen molar-refractivity contribution in [2.75, 3.05) is 12.3 Å². The Bertz CT molecular complexity index is 646. The number of anilines is 1. The highest BCUT2D eigenvalue weighted by molar-refractivity contribution is 5.59. The molecule has 8 nitrogen and oxygen atoms in total. The Hall–Kier alpha value is -1.74. The fraction of sp³-hybridized carbons (Fsp3) is 0.647. The first kappa shape index (κ1) is 19.6. The average Bonchev–Trinajstić information content (AvgIpc) is 2.87. The number of ether oxygens (including phenoxy) is 1. The van der Waals surface area contributed by atoms with Crippen LogP contribution in [0.4, 0.5) is 5.82 Å². The van der Waals surface area contributed by atoms with Crippen molar-refractivity contribution in [1.29, 1.82) is 0 Å². The third-order valence-corrected chi connectivity index (χ3v) is 4.32. The quantitative estimate of drug-likeness (QED) is 0.498. The second-order valence-corrected chi connectivity index (χ2v) is 6.25. The van der Waals surface area contributed by atoms with Gasteiger partial charge >= 0.3 is 5.69 Å². The molecule has 2 rings (SSSR count). The molecule has 0 saturated carbocycles. The number of allylic oxidation sites excluding steroid dienone is 1. The zero-order valence-electron chi connectivity index (χ0n) is 14.4. The molecule has 0 amide bonds. The maximum atomic E-state index is 12.1. The van der Waals surface area contributed by atoms with E-state index in [9.17, 15) is 15.0 Å². The van der Waals surface area contributed by atoms with Gasteiger partial charge in [-0.25, -0.2) is 4.79 Å². The minimum Gasteiger partial charge on any atom is -0.394 e. The largest absolute Gasteiger partial charge is 0.394 e. The number of rotatable bonds is 8. The summed E-state index contributed by atoms with van der Waals surface area (Å²) in [6, 6.07) is 0. The molecule has 2 heterocycles. The number of aliphatic hydroxyl groups excluding tert-OH is 3. The van der Waals surface area contributed by atoms with Crippen LogP contribution in [-0.2, 0) is 4.74 Å². The molecule has 0 spiro atoms. The Kier molecular flexibility index (Phi) is 7.12. The molecule has 1 saturated heterocycles. The van der Waals surface area contributed by atoms with Crippen LogP contribution in [0.3, 0.4) is 0 Å². The van der Waals surface area contributed by atoms with E-state index in [1.807, 2.05) is 6.08 Å². The van der Waals surface area contributed by atoms with E-state index in [4.69, 9.17) is 15.6 Å². The second-order valence-electron chi connectivity index (χ2n) is 6.25. The second kappa shape index (κ2) is 9.10. The number of hydrogen-bond acceptors (Lipinski definition) is 7. The molecule has 1 aliphatic rings. The van der Waals surface area contributed by atoms with Crippen molar-refractivity contribution in [3.8, 4) is 0 Å². The van der Waals surface area contributed by atoms with Gasteiger partial charge in [-0.05, 0) is 12.8 Å². The van der Waals surface area contributed by atoms with E-state index in [1.165, 1.54) is 19.0 Å². The number of nitrogens with two attached hydrogens (primary N) is 1. The van der Waals surface area contributed by atoms with E-state index < -0.39 is 36.8 Å². The first-order valence-electron chi connectivity index (χ1n) is 8.67. The first-order valence-corrected chi connectivity index (χ1v) is 8.67. The van der Waals surface area contributed by atoms with Crippen molar-refractivity contribution in [1.82, 2.24) is 9.55 Å². The zero-order valence-corrected chi connectivity index (χ0v) is 14.4. The topological polar surface area (TPSA) is 131 Å². The monoisotopic (exact) mass is 353 g/mol. The lowest BCUT2D eigenvalue weighted by atomic mass is 10.1. The molecule has 1 aromatic heterocycles. The van der Waals surface area contributed by atoms with Gasteiger partial charge in [0.1, 0.15) is 24.1 Å². The highest BCUT2D eigenvalue weighted by atomic mass is 16.6. The predicted molar refractivity (Wildman–Crippen MR) is 93.7 cm³/mol. The van der Waals surface area contributed by atoms with Crippen LogP contribution in [0.2, 0.25) is 0 Å². The summed E-state index contributed by atoms with van der Waals surface area (Å²) in [5.41, 5.74) is 5.65. The molecule has 1 aromatic rings. The van der Waals surface area contributed by atoms with Gasteiger partial charge in [-0.2, -0.15) is 4.98 Å². The van der Waals surface area contributed by atoms with Crippen molar-refractivity contribution in [3.63, 3.8) is 0 Å². The maximum absolute atomic E-state index is 12.1. The fourth-order valence-electron chi connectivity index (χ4n) is 2.82. The van der Waals surface area contributed by atoms with Gasteiger partial charge in [-0.3, -0.25) is 4.57 Å². The minimum atomic E-state index is -1.34. The van der Waals surface area contributed by atoms with E-state index in [1.54, 1.807) is 6.08 Å². The van der Waals surface area contributed by atoms with Crippen LogP contribution in [0.15, 0.2) is 17.1 Å². The van der Waals surface area contributed by atoms with Crippen molar-refractivity contribution >= 4 is 11.9 Å². The Morgan fingerprint density at radius 2 is 2.08 bits per heavy atom. The van der Waals surface area contributed by atoms with Crippen LogP contribution in [-0.4, -0.2) is 49.8 Å². The maximum Gasteiger partial charge on any atom is 0.351 e. The van der Waals surface area contributed by atoms with E-state index in [2.05, 4.69) is 11.9 Å². The molecule has 0 aliphatic carbocycles. The molecule has 140 valence electrons. The Morgan fingerprint density at radius 3 is 2.72 bits per heavy atom. The summed E-state index contributed by atoms with van der Waals surface area (Å²) in [4.78, 5) is 15.8. The van der Waals surface area contributed by atoms with Crippen LogP contribution in [0.5, 0.6) is 0 Å².